The number of anilines is 1. The van der Waals surface area contributed by atoms with E-state index in [9.17, 15) is 9.59 Å². The number of carbonyl (C=O) groups excluding carboxylic acids is 2. The van der Waals surface area contributed by atoms with Crippen LogP contribution in [0.5, 0.6) is 0 Å². The van der Waals surface area contributed by atoms with Gasteiger partial charge in [-0.05, 0) is 37.5 Å². The Labute approximate surface area is 177 Å². The average Bonchev–Trinajstić information content (AvgIpc) is 3.27. The highest BCUT2D eigenvalue weighted by Gasteiger charge is 2.29. The van der Waals surface area contributed by atoms with Crippen LogP contribution in [0.1, 0.15) is 37.1 Å². The molecular formula is C21H23N3O3S2. The van der Waals surface area contributed by atoms with Gasteiger partial charge in [0.2, 0.25) is 5.91 Å². The lowest BCUT2D eigenvalue weighted by atomic mass is 10.0. The Morgan fingerprint density at radius 1 is 1.24 bits per heavy atom. The van der Waals surface area contributed by atoms with Gasteiger partial charge in [-0.3, -0.25) is 4.79 Å². The number of thiazole rings is 1. The van der Waals surface area contributed by atoms with Crippen molar-refractivity contribution < 1.29 is 14.3 Å². The van der Waals surface area contributed by atoms with E-state index in [-0.39, 0.29) is 12.0 Å². The Balaban J connectivity index is 1.74. The normalized spacial score (nSPS) is 13.4. The van der Waals surface area contributed by atoms with Crippen LogP contribution in [0.4, 0.5) is 9.80 Å². The first kappa shape index (κ1) is 19.8. The summed E-state index contributed by atoms with van der Waals surface area (Å²) in [7, 11) is 0. The molecule has 1 aliphatic heterocycles. The van der Waals surface area contributed by atoms with E-state index in [2.05, 4.69) is 11.4 Å². The maximum absolute atomic E-state index is 12.3. The van der Waals surface area contributed by atoms with Crippen LogP contribution in [0.15, 0.2) is 24.3 Å². The molecule has 0 bridgehead atoms. The zero-order chi connectivity index (χ0) is 20.4. The maximum atomic E-state index is 12.3. The molecule has 3 aromatic rings. The molecule has 1 N–H and O–H groups in total. The molecule has 0 fully saturated rings. The number of benzene rings is 1. The molecule has 0 spiro atoms. The fourth-order valence-electron chi connectivity index (χ4n) is 3.48. The van der Waals surface area contributed by atoms with Crippen LogP contribution < -0.4 is 5.32 Å². The van der Waals surface area contributed by atoms with Crippen molar-refractivity contribution in [2.75, 3.05) is 18.5 Å². The average molecular weight is 430 g/mol. The van der Waals surface area contributed by atoms with Gasteiger partial charge >= 0.3 is 6.09 Å². The topological polar surface area (TPSA) is 71.5 Å². The van der Waals surface area contributed by atoms with Crippen molar-refractivity contribution in [3.05, 3.63) is 34.7 Å². The van der Waals surface area contributed by atoms with E-state index in [0.29, 0.717) is 26.1 Å². The first-order valence-electron chi connectivity index (χ1n) is 9.82. The second-order valence-electron chi connectivity index (χ2n) is 6.86. The van der Waals surface area contributed by atoms with Crippen LogP contribution in [0.2, 0.25) is 0 Å². The fraction of sp³-hybridized carbons (Fsp3) is 0.381. The van der Waals surface area contributed by atoms with E-state index in [1.807, 2.05) is 32.0 Å². The number of nitrogens with zero attached hydrogens (tertiary/aromatic N) is 2. The van der Waals surface area contributed by atoms with E-state index in [0.717, 1.165) is 43.5 Å². The van der Waals surface area contributed by atoms with Crippen LogP contribution in [-0.4, -0.2) is 35.0 Å². The molecule has 152 valence electrons. The minimum Gasteiger partial charge on any atom is -0.450 e. The van der Waals surface area contributed by atoms with Crippen molar-refractivity contribution in [3.8, 4) is 10.6 Å². The smallest absolute Gasteiger partial charge is 0.410 e. The Morgan fingerprint density at radius 3 is 2.83 bits per heavy atom. The highest BCUT2D eigenvalue weighted by molar-refractivity contribution is 7.22. The summed E-state index contributed by atoms with van der Waals surface area (Å²) < 4.78 is 6.29. The molecular weight excluding hydrogens is 406 g/mol. The summed E-state index contributed by atoms with van der Waals surface area (Å²) in [4.78, 5) is 32.2. The van der Waals surface area contributed by atoms with Gasteiger partial charge in [0.15, 0.2) is 0 Å². The summed E-state index contributed by atoms with van der Waals surface area (Å²) in [5.74, 6) is 0.00991. The highest BCUT2D eigenvalue weighted by Crippen LogP contribution is 2.45. The van der Waals surface area contributed by atoms with Crippen LogP contribution in [0.3, 0.4) is 0 Å². The van der Waals surface area contributed by atoms with Crippen LogP contribution >= 0.6 is 22.7 Å². The van der Waals surface area contributed by atoms with Crippen molar-refractivity contribution in [2.24, 2.45) is 0 Å². The van der Waals surface area contributed by atoms with Crippen molar-refractivity contribution in [2.45, 2.75) is 39.7 Å². The molecule has 4 rings (SSSR count). The monoisotopic (exact) mass is 429 g/mol. The standard InChI is InChI=1S/C21H23N3O3S2/c1-3-7-17(25)23-20-18(19-22-14-8-5-6-9-15(14)28-19)13-10-11-24(12-16(13)29-20)21(26)27-4-2/h5-6,8-9H,3-4,7,10-12H2,1-2H3,(H,23,25). The van der Waals surface area contributed by atoms with Gasteiger partial charge in [0.25, 0.3) is 0 Å². The van der Waals surface area contributed by atoms with Crippen molar-refractivity contribution in [1.82, 2.24) is 9.88 Å². The molecule has 0 unspecified atom stereocenters. The van der Waals surface area contributed by atoms with Crippen molar-refractivity contribution in [3.63, 3.8) is 0 Å². The molecule has 8 heteroatoms. The Morgan fingerprint density at radius 2 is 2.07 bits per heavy atom. The molecule has 1 aromatic carbocycles. The lowest BCUT2D eigenvalue weighted by molar-refractivity contribution is -0.116. The number of para-hydroxylation sites is 1. The lowest BCUT2D eigenvalue weighted by Crippen LogP contribution is -2.35. The second-order valence-corrected chi connectivity index (χ2v) is 9.00. The van der Waals surface area contributed by atoms with Gasteiger partial charge < -0.3 is 15.0 Å². The zero-order valence-electron chi connectivity index (χ0n) is 16.5. The minimum atomic E-state index is -0.287. The largest absolute Gasteiger partial charge is 0.450 e. The first-order chi connectivity index (χ1) is 14.1. The van der Waals surface area contributed by atoms with Gasteiger partial charge in [0.1, 0.15) is 10.0 Å². The van der Waals surface area contributed by atoms with Gasteiger partial charge in [-0.2, -0.15) is 0 Å². The molecule has 29 heavy (non-hydrogen) atoms. The number of hydrogen-bond donors (Lipinski definition) is 1. The zero-order valence-corrected chi connectivity index (χ0v) is 18.1. The number of hydrogen-bond acceptors (Lipinski definition) is 6. The predicted octanol–water partition coefficient (Wildman–Crippen LogP) is 5.28. The Bertz CT molecular complexity index is 1020. The summed E-state index contributed by atoms with van der Waals surface area (Å²) in [5.41, 5.74) is 3.16. The first-order valence-corrected chi connectivity index (χ1v) is 11.5. The summed E-state index contributed by atoms with van der Waals surface area (Å²) in [6.07, 6.45) is 1.71. The maximum Gasteiger partial charge on any atom is 0.410 e. The summed E-state index contributed by atoms with van der Waals surface area (Å²) in [5, 5.41) is 4.84. The third kappa shape index (κ3) is 4.00. The molecule has 0 atom stereocenters. The van der Waals surface area contributed by atoms with E-state index < -0.39 is 0 Å². The van der Waals surface area contributed by atoms with Crippen molar-refractivity contribution in [1.29, 1.82) is 0 Å². The third-order valence-corrected chi connectivity index (χ3v) is 7.01. The molecule has 2 aromatic heterocycles. The molecule has 6 nitrogen and oxygen atoms in total. The van der Waals surface area contributed by atoms with Gasteiger partial charge in [-0.15, -0.1) is 22.7 Å². The summed E-state index contributed by atoms with van der Waals surface area (Å²) in [6.45, 7) is 5.26. The molecule has 1 aliphatic rings. The van der Waals surface area contributed by atoms with E-state index in [4.69, 9.17) is 9.72 Å². The lowest BCUT2D eigenvalue weighted by Gasteiger charge is -2.26. The van der Waals surface area contributed by atoms with Gasteiger partial charge in [-0.25, -0.2) is 9.78 Å². The van der Waals surface area contributed by atoms with Gasteiger partial charge in [0, 0.05) is 23.4 Å². The second kappa shape index (κ2) is 8.51. The number of aromatic nitrogens is 1. The van der Waals surface area contributed by atoms with Crippen LogP contribution in [-0.2, 0) is 22.5 Å². The molecule has 3 heterocycles. The fourth-order valence-corrected chi connectivity index (χ4v) is 5.87. The summed E-state index contributed by atoms with van der Waals surface area (Å²) in [6, 6.07) is 8.06. The number of rotatable bonds is 5. The number of amides is 2. The minimum absolute atomic E-state index is 0.00991. The molecule has 2 amide bonds. The van der Waals surface area contributed by atoms with E-state index in [1.54, 1.807) is 27.6 Å². The Hall–Kier alpha value is -2.45. The number of carbonyl (C=O) groups is 2. The number of ether oxygens (including phenoxy) is 1. The van der Waals surface area contributed by atoms with Crippen molar-refractivity contribution >= 4 is 49.9 Å². The van der Waals surface area contributed by atoms with Gasteiger partial charge in [-0.1, -0.05) is 19.1 Å². The van der Waals surface area contributed by atoms with E-state index in [1.165, 1.54) is 5.56 Å². The third-order valence-electron chi connectivity index (χ3n) is 4.82. The number of fused-ring (bicyclic) bond motifs is 2. The number of nitrogens with one attached hydrogen (secondary N) is 1. The van der Waals surface area contributed by atoms with Gasteiger partial charge in [0.05, 0.1) is 23.4 Å². The summed E-state index contributed by atoms with van der Waals surface area (Å²) >= 11 is 3.18. The van der Waals surface area contributed by atoms with Crippen LogP contribution in [0.25, 0.3) is 20.8 Å². The quantitative estimate of drug-likeness (QED) is 0.599. The van der Waals surface area contributed by atoms with E-state index >= 15 is 0 Å². The SMILES string of the molecule is CCCC(=O)Nc1sc2c(c1-c1nc3ccccc3s1)CCN(C(=O)OCC)C2. The Kier molecular flexibility index (Phi) is 5.82. The molecule has 0 radical (unpaired) electrons. The number of thiophene rings is 1. The molecule has 0 saturated heterocycles. The molecule has 0 saturated carbocycles. The predicted molar refractivity (Wildman–Crippen MR) is 118 cm³/mol. The van der Waals surface area contributed by atoms with Crippen LogP contribution in [0, 0.1) is 0 Å². The molecule has 0 aliphatic carbocycles. The highest BCUT2D eigenvalue weighted by atomic mass is 32.1.